The van der Waals surface area contributed by atoms with Crippen LogP contribution in [0.15, 0.2) is 45.3 Å². The highest BCUT2D eigenvalue weighted by Crippen LogP contribution is 2.32. The minimum atomic E-state index is -0.847. The van der Waals surface area contributed by atoms with Gasteiger partial charge in [0, 0.05) is 4.47 Å². The maximum absolute atomic E-state index is 12.1. The van der Waals surface area contributed by atoms with Crippen molar-refractivity contribution in [2.75, 3.05) is 13.7 Å². The van der Waals surface area contributed by atoms with E-state index in [0.29, 0.717) is 17.2 Å². The lowest BCUT2D eigenvalue weighted by Crippen LogP contribution is -2.48. The minimum absolute atomic E-state index is 0.261. The average molecular weight is 516 g/mol. The van der Waals surface area contributed by atoms with Crippen LogP contribution in [-0.2, 0) is 9.59 Å². The van der Waals surface area contributed by atoms with Crippen molar-refractivity contribution in [3.8, 4) is 17.2 Å². The van der Waals surface area contributed by atoms with E-state index in [1.165, 1.54) is 7.11 Å². The van der Waals surface area contributed by atoms with Gasteiger partial charge in [0.2, 0.25) is 0 Å². The van der Waals surface area contributed by atoms with Crippen LogP contribution >= 0.6 is 31.9 Å². The third-order valence-electron chi connectivity index (χ3n) is 3.61. The van der Waals surface area contributed by atoms with Gasteiger partial charge in [-0.3, -0.25) is 20.4 Å². The van der Waals surface area contributed by atoms with Crippen molar-refractivity contribution in [3.05, 3.63) is 50.9 Å². The van der Waals surface area contributed by atoms with Crippen molar-refractivity contribution >= 4 is 43.7 Å². The second-order valence-electron chi connectivity index (χ2n) is 5.77. The van der Waals surface area contributed by atoms with E-state index in [0.717, 1.165) is 14.5 Å². The summed E-state index contributed by atoms with van der Waals surface area (Å²) in [6.45, 7) is 3.16. The molecule has 7 nitrogen and oxygen atoms in total. The van der Waals surface area contributed by atoms with E-state index in [1.54, 1.807) is 31.2 Å². The van der Waals surface area contributed by atoms with Crippen molar-refractivity contribution in [2.24, 2.45) is 0 Å². The van der Waals surface area contributed by atoms with Gasteiger partial charge in [0.25, 0.3) is 11.8 Å². The molecule has 0 saturated carbocycles. The minimum Gasteiger partial charge on any atom is -0.493 e. The molecule has 9 heteroatoms. The van der Waals surface area contributed by atoms with Crippen LogP contribution < -0.4 is 25.1 Å². The van der Waals surface area contributed by atoms with Gasteiger partial charge in [-0.15, -0.1) is 0 Å². The van der Waals surface area contributed by atoms with E-state index in [4.69, 9.17) is 14.2 Å². The zero-order chi connectivity index (χ0) is 20.7. The Bertz CT molecular complexity index is 837. The predicted octanol–water partition coefficient (Wildman–Crippen LogP) is 3.52. The van der Waals surface area contributed by atoms with Crippen molar-refractivity contribution in [3.63, 3.8) is 0 Å². The Morgan fingerprint density at radius 2 is 1.79 bits per heavy atom. The summed E-state index contributed by atoms with van der Waals surface area (Å²) in [7, 11) is 1.51. The molecule has 0 aliphatic carbocycles. The summed E-state index contributed by atoms with van der Waals surface area (Å²) in [5.74, 6) is 0.470. The molecule has 0 aliphatic heterocycles. The standard InChI is InChI=1S/C19H20Br2N2O5/c1-11-8-13(20)9-14(21)18(11)27-10-17(24)22-23-19(25)12(2)28-16-7-5-4-6-15(16)26-3/h4-9,12H,10H2,1-3H3,(H,22,24)(H,23,25). The number of hydrogen-bond donors (Lipinski definition) is 2. The lowest BCUT2D eigenvalue weighted by molar-refractivity contribution is -0.133. The summed E-state index contributed by atoms with van der Waals surface area (Å²) in [4.78, 5) is 24.1. The van der Waals surface area contributed by atoms with Crippen LogP contribution in [0.2, 0.25) is 0 Å². The maximum atomic E-state index is 12.1. The quantitative estimate of drug-likeness (QED) is 0.551. The highest BCUT2D eigenvalue weighted by molar-refractivity contribution is 9.11. The SMILES string of the molecule is COc1ccccc1OC(C)C(=O)NNC(=O)COc1c(C)cc(Br)cc1Br. The van der Waals surface area contributed by atoms with Crippen LogP contribution in [0.1, 0.15) is 12.5 Å². The number of methoxy groups -OCH3 is 1. The molecule has 28 heavy (non-hydrogen) atoms. The number of benzene rings is 2. The van der Waals surface area contributed by atoms with Crippen LogP contribution in [0, 0.1) is 6.92 Å². The van der Waals surface area contributed by atoms with Crippen LogP contribution in [0.5, 0.6) is 17.2 Å². The van der Waals surface area contributed by atoms with E-state index < -0.39 is 17.9 Å². The number of nitrogens with one attached hydrogen (secondary N) is 2. The number of carbonyl (C=O) groups is 2. The second kappa shape index (κ2) is 10.3. The van der Waals surface area contributed by atoms with Gasteiger partial charge in [-0.2, -0.15) is 0 Å². The topological polar surface area (TPSA) is 85.9 Å². The molecule has 2 amide bonds. The predicted molar refractivity (Wildman–Crippen MR) is 111 cm³/mol. The molecular weight excluding hydrogens is 496 g/mol. The van der Waals surface area contributed by atoms with E-state index in [9.17, 15) is 9.59 Å². The molecule has 0 saturated heterocycles. The third kappa shape index (κ3) is 6.13. The van der Waals surface area contributed by atoms with Gasteiger partial charge in [-0.25, -0.2) is 0 Å². The number of amides is 2. The molecule has 150 valence electrons. The van der Waals surface area contributed by atoms with Gasteiger partial charge in [0.1, 0.15) is 5.75 Å². The summed E-state index contributed by atoms with van der Waals surface area (Å²) < 4.78 is 17.9. The van der Waals surface area contributed by atoms with Crippen LogP contribution in [0.25, 0.3) is 0 Å². The van der Waals surface area contributed by atoms with Crippen LogP contribution in [0.3, 0.4) is 0 Å². The zero-order valence-electron chi connectivity index (χ0n) is 15.5. The molecule has 2 aromatic carbocycles. The number of aryl methyl sites for hydroxylation is 1. The van der Waals surface area contributed by atoms with E-state index in [2.05, 4.69) is 42.7 Å². The Kier molecular flexibility index (Phi) is 8.13. The fourth-order valence-electron chi connectivity index (χ4n) is 2.24. The molecule has 0 bridgehead atoms. The van der Waals surface area contributed by atoms with Crippen molar-refractivity contribution in [2.45, 2.75) is 20.0 Å². The van der Waals surface area contributed by atoms with Gasteiger partial charge < -0.3 is 14.2 Å². The lowest BCUT2D eigenvalue weighted by Gasteiger charge is -2.17. The molecule has 2 aromatic rings. The molecule has 2 rings (SSSR count). The number of hydrogen-bond acceptors (Lipinski definition) is 5. The Hall–Kier alpha value is -2.26. The molecule has 0 fully saturated rings. The fourth-order valence-corrected chi connectivity index (χ4v) is 3.79. The molecule has 0 heterocycles. The second-order valence-corrected chi connectivity index (χ2v) is 7.54. The van der Waals surface area contributed by atoms with Gasteiger partial charge in [0.15, 0.2) is 24.2 Å². The number of rotatable bonds is 7. The maximum Gasteiger partial charge on any atom is 0.279 e. The summed E-state index contributed by atoms with van der Waals surface area (Å²) in [5.41, 5.74) is 5.47. The Morgan fingerprint density at radius 3 is 2.43 bits per heavy atom. The molecule has 1 atom stereocenters. The van der Waals surface area contributed by atoms with E-state index >= 15 is 0 Å². The molecular formula is C19H20Br2N2O5. The first-order valence-electron chi connectivity index (χ1n) is 8.28. The molecule has 0 spiro atoms. The summed E-state index contributed by atoms with van der Waals surface area (Å²) >= 11 is 6.77. The van der Waals surface area contributed by atoms with Gasteiger partial charge in [0.05, 0.1) is 11.6 Å². The first-order valence-corrected chi connectivity index (χ1v) is 9.87. The highest BCUT2D eigenvalue weighted by atomic mass is 79.9. The highest BCUT2D eigenvalue weighted by Gasteiger charge is 2.17. The number of para-hydroxylation sites is 2. The Morgan fingerprint density at radius 1 is 1.11 bits per heavy atom. The van der Waals surface area contributed by atoms with Crippen LogP contribution in [0.4, 0.5) is 0 Å². The molecule has 0 aromatic heterocycles. The van der Waals surface area contributed by atoms with E-state index in [-0.39, 0.29) is 6.61 Å². The van der Waals surface area contributed by atoms with Crippen molar-refractivity contribution in [1.82, 2.24) is 10.9 Å². The average Bonchev–Trinajstić information content (AvgIpc) is 2.65. The molecule has 0 aliphatic rings. The van der Waals surface area contributed by atoms with Gasteiger partial charge >= 0.3 is 0 Å². The number of carbonyl (C=O) groups excluding carboxylic acids is 2. The van der Waals surface area contributed by atoms with Crippen molar-refractivity contribution < 1.29 is 23.8 Å². The number of ether oxygens (including phenoxy) is 3. The van der Waals surface area contributed by atoms with E-state index in [1.807, 2.05) is 19.1 Å². The largest absolute Gasteiger partial charge is 0.493 e. The molecule has 1 unspecified atom stereocenters. The third-order valence-corrected chi connectivity index (χ3v) is 4.66. The Balaban J connectivity index is 1.83. The summed E-state index contributed by atoms with van der Waals surface area (Å²) in [5, 5.41) is 0. The first-order chi connectivity index (χ1) is 13.3. The molecule has 2 N–H and O–H groups in total. The Labute approximate surface area is 180 Å². The number of hydrazine groups is 1. The zero-order valence-corrected chi connectivity index (χ0v) is 18.7. The summed E-state index contributed by atoms with van der Waals surface area (Å²) in [6, 6.07) is 10.7. The first kappa shape index (κ1) is 22.0. The van der Waals surface area contributed by atoms with Gasteiger partial charge in [-0.1, -0.05) is 28.1 Å². The smallest absolute Gasteiger partial charge is 0.279 e. The molecule has 0 radical (unpaired) electrons. The lowest BCUT2D eigenvalue weighted by atomic mass is 10.2. The summed E-state index contributed by atoms with van der Waals surface area (Å²) in [6.07, 6.45) is -0.847. The van der Waals surface area contributed by atoms with Crippen LogP contribution in [-0.4, -0.2) is 31.6 Å². The normalized spacial score (nSPS) is 11.3. The van der Waals surface area contributed by atoms with Crippen molar-refractivity contribution in [1.29, 1.82) is 0 Å². The van der Waals surface area contributed by atoms with Gasteiger partial charge in [-0.05, 0) is 59.6 Å². The number of halogens is 2. The fraction of sp³-hybridized carbons (Fsp3) is 0.263. The monoisotopic (exact) mass is 514 g/mol.